The molecule has 0 aromatic heterocycles. The Balaban J connectivity index is 1.78. The van der Waals surface area contributed by atoms with Crippen LogP contribution in [0.3, 0.4) is 0 Å². The van der Waals surface area contributed by atoms with E-state index in [1.807, 2.05) is 0 Å². The van der Waals surface area contributed by atoms with Crippen molar-refractivity contribution in [2.75, 3.05) is 9.91 Å². The summed E-state index contributed by atoms with van der Waals surface area (Å²) in [6.07, 6.45) is 0. The van der Waals surface area contributed by atoms with Crippen molar-refractivity contribution in [2.24, 2.45) is 11.0 Å². The number of Topliss-reactive ketones (excluding diaryl/α,β-unsaturated/α-hetero) is 1. The monoisotopic (exact) mass is 412 g/mol. The first-order valence-corrected chi connectivity index (χ1v) is 8.94. The SMILES string of the molecule is CC(=O)C1=NN(c2ccc([N+](=O)[O-])cc2)[C@@H]2C(=O)N(c3cccc(Cl)c3)C(=O)[C@@H]12. The van der Waals surface area contributed by atoms with Crippen molar-refractivity contribution in [3.05, 3.63) is 63.7 Å². The molecular formula is C19H13ClN4O5. The van der Waals surface area contributed by atoms with Crippen molar-refractivity contribution in [1.29, 1.82) is 0 Å². The van der Waals surface area contributed by atoms with Crippen molar-refractivity contribution in [1.82, 2.24) is 0 Å². The standard InChI is InChI=1S/C19H13ClN4O5/c1-10(25)16-15-17(23(21-16)12-5-7-13(8-6-12)24(28)29)19(27)22(18(15)26)14-4-2-3-11(20)9-14/h2-9,15,17H,1H3/t15-,17-/m0/s1. The minimum Gasteiger partial charge on any atom is -0.293 e. The molecule has 1 saturated heterocycles. The van der Waals surface area contributed by atoms with E-state index >= 15 is 0 Å². The lowest BCUT2D eigenvalue weighted by molar-refractivity contribution is -0.384. The summed E-state index contributed by atoms with van der Waals surface area (Å²) in [6.45, 7) is 1.27. The molecule has 0 radical (unpaired) electrons. The third-order valence-corrected chi connectivity index (χ3v) is 5.04. The molecule has 10 heteroatoms. The molecule has 2 amide bonds. The molecule has 0 N–H and O–H groups in total. The van der Waals surface area contributed by atoms with Crippen LogP contribution in [0, 0.1) is 16.0 Å². The first-order valence-electron chi connectivity index (χ1n) is 8.56. The topological polar surface area (TPSA) is 113 Å². The van der Waals surface area contributed by atoms with Crippen LogP contribution in [0.5, 0.6) is 0 Å². The Morgan fingerprint density at radius 3 is 2.38 bits per heavy atom. The third kappa shape index (κ3) is 2.95. The summed E-state index contributed by atoms with van der Waals surface area (Å²) in [5.74, 6) is -2.62. The zero-order valence-corrected chi connectivity index (χ0v) is 15.7. The molecule has 29 heavy (non-hydrogen) atoms. The van der Waals surface area contributed by atoms with Gasteiger partial charge in [-0.05, 0) is 30.3 Å². The molecule has 1 fully saturated rings. The summed E-state index contributed by atoms with van der Waals surface area (Å²) >= 11 is 5.99. The minimum absolute atomic E-state index is 0.0313. The fourth-order valence-corrected chi connectivity index (χ4v) is 3.70. The van der Waals surface area contributed by atoms with Gasteiger partial charge in [-0.25, -0.2) is 4.90 Å². The second-order valence-corrected chi connectivity index (χ2v) is 7.01. The lowest BCUT2D eigenvalue weighted by Crippen LogP contribution is -2.39. The van der Waals surface area contributed by atoms with Crippen molar-refractivity contribution >= 4 is 52.0 Å². The van der Waals surface area contributed by atoms with Crippen molar-refractivity contribution in [3.63, 3.8) is 0 Å². The van der Waals surface area contributed by atoms with Gasteiger partial charge in [0, 0.05) is 24.1 Å². The van der Waals surface area contributed by atoms with Gasteiger partial charge in [-0.15, -0.1) is 0 Å². The van der Waals surface area contributed by atoms with E-state index in [1.165, 1.54) is 42.3 Å². The number of ketones is 1. The fraction of sp³-hybridized carbons (Fsp3) is 0.158. The smallest absolute Gasteiger partial charge is 0.269 e. The summed E-state index contributed by atoms with van der Waals surface area (Å²) in [5, 5.41) is 16.7. The molecule has 146 valence electrons. The first kappa shape index (κ1) is 18.8. The molecule has 0 bridgehead atoms. The molecule has 2 heterocycles. The summed E-state index contributed by atoms with van der Waals surface area (Å²) in [6, 6.07) is 10.6. The van der Waals surface area contributed by atoms with E-state index in [-0.39, 0.29) is 11.4 Å². The fourth-order valence-electron chi connectivity index (χ4n) is 3.51. The lowest BCUT2D eigenvalue weighted by Gasteiger charge is -2.22. The van der Waals surface area contributed by atoms with E-state index in [4.69, 9.17) is 11.6 Å². The van der Waals surface area contributed by atoms with Gasteiger partial charge in [-0.3, -0.25) is 29.5 Å². The van der Waals surface area contributed by atoms with Crippen LogP contribution in [-0.4, -0.2) is 34.3 Å². The number of benzene rings is 2. The van der Waals surface area contributed by atoms with Crippen LogP contribution in [0.4, 0.5) is 17.1 Å². The van der Waals surface area contributed by atoms with Crippen LogP contribution in [0.1, 0.15) is 6.92 Å². The summed E-state index contributed by atoms with van der Waals surface area (Å²) < 4.78 is 0. The first-order chi connectivity index (χ1) is 13.8. The number of fused-ring (bicyclic) bond motifs is 1. The van der Waals surface area contributed by atoms with Gasteiger partial charge in [0.05, 0.1) is 16.3 Å². The maximum Gasteiger partial charge on any atom is 0.269 e. The molecule has 2 aromatic rings. The number of carbonyl (C=O) groups excluding carboxylic acids is 3. The average molecular weight is 413 g/mol. The molecule has 0 unspecified atom stereocenters. The maximum absolute atomic E-state index is 13.2. The highest BCUT2D eigenvalue weighted by atomic mass is 35.5. The van der Waals surface area contributed by atoms with E-state index in [1.54, 1.807) is 18.2 Å². The number of nitro benzene ring substituents is 1. The Morgan fingerprint density at radius 2 is 1.79 bits per heavy atom. The molecule has 0 spiro atoms. The maximum atomic E-state index is 13.2. The number of rotatable bonds is 4. The molecule has 9 nitrogen and oxygen atoms in total. The van der Waals surface area contributed by atoms with Gasteiger partial charge in [0.1, 0.15) is 17.7 Å². The Labute approximate surface area is 169 Å². The van der Waals surface area contributed by atoms with Crippen LogP contribution < -0.4 is 9.91 Å². The number of halogens is 1. The highest BCUT2D eigenvalue weighted by Gasteiger charge is 2.58. The third-order valence-electron chi connectivity index (χ3n) is 4.80. The second kappa shape index (κ2) is 6.78. The average Bonchev–Trinajstić information content (AvgIpc) is 3.19. The van der Waals surface area contributed by atoms with Gasteiger partial charge in [-0.1, -0.05) is 17.7 Å². The van der Waals surface area contributed by atoms with Crippen LogP contribution >= 0.6 is 11.6 Å². The van der Waals surface area contributed by atoms with Gasteiger partial charge in [0.15, 0.2) is 5.78 Å². The molecule has 0 saturated carbocycles. The minimum atomic E-state index is -1.06. The van der Waals surface area contributed by atoms with Crippen LogP contribution in [0.2, 0.25) is 5.02 Å². The Kier molecular flexibility index (Phi) is 4.39. The predicted molar refractivity (Wildman–Crippen MR) is 105 cm³/mol. The summed E-state index contributed by atoms with van der Waals surface area (Å²) in [4.78, 5) is 49.7. The highest BCUT2D eigenvalue weighted by Crippen LogP contribution is 2.38. The highest BCUT2D eigenvalue weighted by molar-refractivity contribution is 6.49. The lowest BCUT2D eigenvalue weighted by atomic mass is 9.95. The van der Waals surface area contributed by atoms with Gasteiger partial charge < -0.3 is 0 Å². The number of nitrogens with zero attached hydrogens (tertiary/aromatic N) is 4. The number of nitro groups is 1. The van der Waals surface area contributed by atoms with Crippen LogP contribution in [0.15, 0.2) is 53.6 Å². The van der Waals surface area contributed by atoms with E-state index in [2.05, 4.69) is 5.10 Å². The van der Waals surface area contributed by atoms with E-state index in [0.717, 1.165) is 4.90 Å². The number of imide groups is 1. The molecule has 0 aliphatic carbocycles. The number of amides is 2. The normalized spacial score (nSPS) is 20.7. The van der Waals surface area contributed by atoms with Gasteiger partial charge in [-0.2, -0.15) is 5.10 Å². The quantitative estimate of drug-likeness (QED) is 0.433. The molecule has 2 aromatic carbocycles. The number of carbonyl (C=O) groups is 3. The summed E-state index contributed by atoms with van der Waals surface area (Å²) in [5.41, 5.74) is 0.496. The van der Waals surface area contributed by atoms with Crippen molar-refractivity contribution < 1.29 is 19.3 Å². The molecular weight excluding hydrogens is 400 g/mol. The number of anilines is 2. The number of hydrogen-bond donors (Lipinski definition) is 0. The molecule has 2 atom stereocenters. The van der Waals surface area contributed by atoms with Crippen molar-refractivity contribution in [3.8, 4) is 0 Å². The Morgan fingerprint density at radius 1 is 1.10 bits per heavy atom. The molecule has 4 rings (SSSR count). The zero-order valence-electron chi connectivity index (χ0n) is 15.0. The van der Waals surface area contributed by atoms with Crippen molar-refractivity contribution in [2.45, 2.75) is 13.0 Å². The molecule has 2 aliphatic heterocycles. The van der Waals surface area contributed by atoms with Crippen LogP contribution in [-0.2, 0) is 14.4 Å². The predicted octanol–water partition coefficient (Wildman–Crippen LogP) is 2.57. The van der Waals surface area contributed by atoms with E-state index in [0.29, 0.717) is 16.4 Å². The number of hydrogen-bond acceptors (Lipinski definition) is 7. The number of hydrazone groups is 1. The van der Waals surface area contributed by atoms with Gasteiger partial charge in [0.2, 0.25) is 5.91 Å². The van der Waals surface area contributed by atoms with Gasteiger partial charge in [0.25, 0.3) is 11.6 Å². The Hall–Kier alpha value is -3.59. The second-order valence-electron chi connectivity index (χ2n) is 6.57. The largest absolute Gasteiger partial charge is 0.293 e. The van der Waals surface area contributed by atoms with E-state index in [9.17, 15) is 24.5 Å². The number of non-ortho nitro benzene ring substituents is 1. The van der Waals surface area contributed by atoms with Gasteiger partial charge >= 0.3 is 0 Å². The zero-order chi connectivity index (χ0) is 20.9. The van der Waals surface area contributed by atoms with E-state index < -0.39 is 34.5 Å². The molecule has 2 aliphatic rings. The summed E-state index contributed by atoms with van der Waals surface area (Å²) in [7, 11) is 0. The Bertz CT molecular complexity index is 1100. The van der Waals surface area contributed by atoms with Crippen LogP contribution in [0.25, 0.3) is 0 Å².